The average molecular weight is 889 g/mol. The molecule has 3 aromatic heterocycles. The number of imidazole rings is 1. The van der Waals surface area contributed by atoms with Gasteiger partial charge in [-0.2, -0.15) is 0 Å². The molecule has 15 heteroatoms. The normalized spacial score (nSPS) is 14.2. The largest absolute Gasteiger partial charge is 0.392 e. The standard InChI is InChI=1S/C27H27N5O3.C24H25N3O4/c33-26(23-8-7-20(17-32-13-12-28-18-32)21-4-1-2-5-22(21)23)31-24-6-3-11-29-25(24)27(34)30-16-19-9-14-35-15-10-19;28-15-17-7-8-20(19-5-2-1-4-18(17)19)23(29)27-21-6-3-11-25-22(21)24(30)26-14-16-9-12-31-13-10-16/h1-8,11-13,18-19H,9-10,14-17H2,(H,30,34)(H,31,33);1-8,11,16,28H,9-10,12-15H2,(H,26,30)(H,27,29). The van der Waals surface area contributed by atoms with E-state index in [-0.39, 0.29) is 41.6 Å². The van der Waals surface area contributed by atoms with Gasteiger partial charge in [-0.15, -0.1) is 0 Å². The summed E-state index contributed by atoms with van der Waals surface area (Å²) < 4.78 is 12.7. The van der Waals surface area contributed by atoms with Crippen LogP contribution in [-0.2, 0) is 22.6 Å². The molecule has 0 spiro atoms. The Labute approximate surface area is 382 Å². The zero-order valence-electron chi connectivity index (χ0n) is 36.4. The van der Waals surface area contributed by atoms with Gasteiger partial charge >= 0.3 is 0 Å². The Kier molecular flexibility index (Phi) is 15.1. The molecule has 4 aromatic carbocycles. The van der Waals surface area contributed by atoms with Gasteiger partial charge in [-0.05, 0) is 107 Å². The van der Waals surface area contributed by atoms with Gasteiger partial charge in [0.05, 0.1) is 24.3 Å². The molecule has 2 fully saturated rings. The quantitative estimate of drug-likeness (QED) is 0.0802. The smallest absolute Gasteiger partial charge is 0.272 e. The van der Waals surface area contributed by atoms with Crippen molar-refractivity contribution in [1.29, 1.82) is 0 Å². The fourth-order valence-electron chi connectivity index (χ4n) is 8.27. The van der Waals surface area contributed by atoms with Gasteiger partial charge in [0.2, 0.25) is 0 Å². The maximum Gasteiger partial charge on any atom is 0.272 e. The molecule has 15 nitrogen and oxygen atoms in total. The molecule has 5 heterocycles. The van der Waals surface area contributed by atoms with Gasteiger partial charge in [0.1, 0.15) is 0 Å². The summed E-state index contributed by atoms with van der Waals surface area (Å²) in [6.07, 6.45) is 12.2. The molecule has 2 aliphatic rings. The van der Waals surface area contributed by atoms with Crippen molar-refractivity contribution in [2.45, 2.75) is 38.8 Å². The number of fused-ring (bicyclic) bond motifs is 2. The van der Waals surface area contributed by atoms with Crippen LogP contribution in [0, 0.1) is 11.8 Å². The first-order valence-corrected chi connectivity index (χ1v) is 22.2. The zero-order chi connectivity index (χ0) is 45.7. The Morgan fingerprint density at radius 1 is 0.561 bits per heavy atom. The first-order chi connectivity index (χ1) is 32.4. The van der Waals surface area contributed by atoms with Gasteiger partial charge in [-0.1, -0.05) is 60.7 Å². The summed E-state index contributed by atoms with van der Waals surface area (Å²) >= 11 is 0. The van der Waals surface area contributed by atoms with Gasteiger partial charge in [0, 0.05) is 82.0 Å². The minimum Gasteiger partial charge on any atom is -0.392 e. The van der Waals surface area contributed by atoms with E-state index in [9.17, 15) is 24.3 Å². The van der Waals surface area contributed by atoms with Crippen molar-refractivity contribution in [1.82, 2.24) is 30.2 Å². The highest BCUT2D eigenvalue weighted by molar-refractivity contribution is 6.16. The van der Waals surface area contributed by atoms with Crippen LogP contribution in [0.4, 0.5) is 11.4 Å². The summed E-state index contributed by atoms with van der Waals surface area (Å²) in [5.74, 6) is -0.470. The van der Waals surface area contributed by atoms with Crippen LogP contribution in [0.15, 0.2) is 128 Å². The first-order valence-electron chi connectivity index (χ1n) is 22.2. The maximum atomic E-state index is 13.3. The number of nitrogens with zero attached hydrogens (tertiary/aromatic N) is 4. The van der Waals surface area contributed by atoms with Gasteiger partial charge in [0.25, 0.3) is 23.6 Å². The third kappa shape index (κ3) is 11.1. The molecule has 9 rings (SSSR count). The molecule has 0 unspecified atom stereocenters. The molecular weight excluding hydrogens is 837 g/mol. The molecule has 5 N–H and O–H groups in total. The summed E-state index contributed by atoms with van der Waals surface area (Å²) in [5.41, 5.74) is 3.96. The van der Waals surface area contributed by atoms with Crippen molar-refractivity contribution in [3.8, 4) is 0 Å². The number of aliphatic hydroxyl groups excluding tert-OH is 1. The van der Waals surface area contributed by atoms with Crippen LogP contribution in [0.25, 0.3) is 21.5 Å². The van der Waals surface area contributed by atoms with Crippen molar-refractivity contribution in [3.05, 3.63) is 162 Å². The van der Waals surface area contributed by atoms with E-state index >= 15 is 0 Å². The Balaban J connectivity index is 0.000000181. The lowest BCUT2D eigenvalue weighted by Gasteiger charge is -2.22. The minimum atomic E-state index is -0.341. The molecule has 7 aromatic rings. The summed E-state index contributed by atoms with van der Waals surface area (Å²) in [7, 11) is 0. The number of rotatable bonds is 13. The predicted octanol–water partition coefficient (Wildman–Crippen LogP) is 7.02. The highest BCUT2D eigenvalue weighted by Crippen LogP contribution is 2.27. The van der Waals surface area contributed by atoms with E-state index in [1.165, 1.54) is 6.20 Å². The second-order valence-corrected chi connectivity index (χ2v) is 16.3. The third-order valence-corrected chi connectivity index (χ3v) is 11.9. The van der Waals surface area contributed by atoms with Crippen LogP contribution >= 0.6 is 0 Å². The average Bonchev–Trinajstić information content (AvgIpc) is 3.89. The molecule has 0 atom stereocenters. The molecule has 0 bridgehead atoms. The third-order valence-electron chi connectivity index (χ3n) is 11.9. The second kappa shape index (κ2) is 22.0. The molecule has 2 saturated heterocycles. The Morgan fingerprint density at radius 2 is 1.03 bits per heavy atom. The van der Waals surface area contributed by atoms with Gasteiger partial charge in [-0.25, -0.2) is 15.0 Å². The van der Waals surface area contributed by atoms with E-state index < -0.39 is 0 Å². The van der Waals surface area contributed by atoms with Crippen molar-refractivity contribution in [2.75, 3.05) is 50.2 Å². The van der Waals surface area contributed by atoms with Crippen LogP contribution in [-0.4, -0.2) is 87.8 Å². The number of aromatic nitrogens is 4. The van der Waals surface area contributed by atoms with E-state index in [4.69, 9.17) is 9.47 Å². The van der Waals surface area contributed by atoms with Crippen LogP contribution in [0.3, 0.4) is 0 Å². The summed E-state index contributed by atoms with van der Waals surface area (Å²) in [6, 6.07) is 29.2. The summed E-state index contributed by atoms with van der Waals surface area (Å²) in [6.45, 7) is 4.55. The van der Waals surface area contributed by atoms with Gasteiger partial charge < -0.3 is 40.4 Å². The monoisotopic (exact) mass is 888 g/mol. The van der Waals surface area contributed by atoms with E-state index in [1.54, 1.807) is 55.1 Å². The Morgan fingerprint density at radius 3 is 1.50 bits per heavy atom. The Bertz CT molecular complexity index is 2800. The number of pyridine rings is 2. The maximum absolute atomic E-state index is 13.3. The lowest BCUT2D eigenvalue weighted by atomic mass is 9.98. The van der Waals surface area contributed by atoms with Gasteiger partial charge in [-0.3, -0.25) is 19.2 Å². The molecule has 0 aliphatic carbocycles. The minimum absolute atomic E-state index is 0.109. The lowest BCUT2D eigenvalue weighted by molar-refractivity contribution is 0.0642. The van der Waals surface area contributed by atoms with Crippen LogP contribution in [0.5, 0.6) is 0 Å². The molecule has 4 amide bonds. The highest BCUT2D eigenvalue weighted by Gasteiger charge is 2.22. The summed E-state index contributed by atoms with van der Waals surface area (Å²) in [5, 5.41) is 24.6. The molecule has 0 saturated carbocycles. The number of benzene rings is 4. The fraction of sp³-hybridized carbons (Fsp3) is 0.275. The molecule has 0 radical (unpaired) electrons. The number of ether oxygens (including phenoxy) is 2. The SMILES string of the molecule is O=C(NCC1CCOCC1)c1ncccc1NC(=O)c1ccc(CO)c2ccccc12.O=C(NCC1CCOCC1)c1ncccc1NC(=O)c1ccc(Cn2ccnc2)c2ccccc12. The highest BCUT2D eigenvalue weighted by atomic mass is 16.5. The number of carbonyl (C=O) groups excluding carboxylic acids is 4. The number of anilines is 2. The van der Waals surface area contributed by atoms with Crippen molar-refractivity contribution in [3.63, 3.8) is 0 Å². The first kappa shape index (κ1) is 45.2. The number of hydrogen-bond donors (Lipinski definition) is 5. The number of nitrogens with one attached hydrogen (secondary N) is 4. The van der Waals surface area contributed by atoms with Gasteiger partial charge in [0.15, 0.2) is 11.4 Å². The number of carbonyl (C=O) groups is 4. The van der Waals surface area contributed by atoms with E-state index in [0.29, 0.717) is 67.2 Å². The van der Waals surface area contributed by atoms with Crippen molar-refractivity contribution in [2.24, 2.45) is 11.8 Å². The summed E-state index contributed by atoms with van der Waals surface area (Å²) in [4.78, 5) is 64.6. The van der Waals surface area contributed by atoms with Crippen molar-refractivity contribution >= 4 is 56.5 Å². The zero-order valence-corrected chi connectivity index (χ0v) is 36.4. The number of amides is 4. The van der Waals surface area contributed by atoms with Crippen LogP contribution in [0.1, 0.15) is 78.5 Å². The molecular formula is C51H52N8O7. The molecule has 338 valence electrons. The van der Waals surface area contributed by atoms with E-state index in [1.807, 2.05) is 71.4 Å². The van der Waals surface area contributed by atoms with E-state index in [0.717, 1.165) is 71.6 Å². The van der Waals surface area contributed by atoms with E-state index in [2.05, 4.69) is 36.2 Å². The Hall–Kier alpha value is -7.33. The fourth-order valence-corrected chi connectivity index (χ4v) is 8.27. The number of aliphatic hydroxyl groups is 1. The molecule has 66 heavy (non-hydrogen) atoms. The molecule has 2 aliphatic heterocycles. The van der Waals surface area contributed by atoms with Crippen LogP contribution < -0.4 is 21.3 Å². The lowest BCUT2D eigenvalue weighted by Crippen LogP contribution is -2.33. The predicted molar refractivity (Wildman–Crippen MR) is 251 cm³/mol. The van der Waals surface area contributed by atoms with Crippen LogP contribution in [0.2, 0.25) is 0 Å². The van der Waals surface area contributed by atoms with Crippen molar-refractivity contribution < 1.29 is 33.8 Å². The number of hydrogen-bond acceptors (Lipinski definition) is 10. The topological polar surface area (TPSA) is 199 Å². The second-order valence-electron chi connectivity index (χ2n) is 16.3.